The van der Waals surface area contributed by atoms with Crippen LogP contribution in [0.2, 0.25) is 0 Å². The summed E-state index contributed by atoms with van der Waals surface area (Å²) in [4.78, 5) is 27.4. The minimum absolute atomic E-state index is 0.495. The van der Waals surface area contributed by atoms with Crippen molar-refractivity contribution in [1.82, 2.24) is 4.98 Å². The topological polar surface area (TPSA) is 79.3 Å². The number of carboxylic acids is 1. The Morgan fingerprint density at radius 3 is 2.70 bits per heavy atom. The van der Waals surface area contributed by atoms with Crippen molar-refractivity contribution in [2.75, 3.05) is 5.32 Å². The van der Waals surface area contributed by atoms with Crippen LogP contribution in [0.1, 0.15) is 13.8 Å². The molecule has 20 heavy (non-hydrogen) atoms. The standard InChI is InChI=1S/C14H13BrN2O3/c1-14(2,13(19)20)12(18)17-10-5-3-4-8-6-9(15)7-16-11(8)10/h3-7H,1-2H3,(H,17,18)(H,19,20). The highest BCUT2D eigenvalue weighted by Gasteiger charge is 2.36. The molecule has 0 radical (unpaired) electrons. The van der Waals surface area contributed by atoms with E-state index < -0.39 is 17.3 Å². The second-order valence-electron chi connectivity index (χ2n) is 4.92. The van der Waals surface area contributed by atoms with Gasteiger partial charge in [-0.1, -0.05) is 12.1 Å². The van der Waals surface area contributed by atoms with E-state index in [2.05, 4.69) is 26.2 Å². The van der Waals surface area contributed by atoms with Gasteiger partial charge in [0.1, 0.15) is 5.41 Å². The molecule has 1 aromatic carbocycles. The summed E-state index contributed by atoms with van der Waals surface area (Å²) in [7, 11) is 0. The van der Waals surface area contributed by atoms with E-state index in [0.717, 1.165) is 9.86 Å². The van der Waals surface area contributed by atoms with Gasteiger partial charge in [0.05, 0.1) is 11.2 Å². The second kappa shape index (κ2) is 5.20. The quantitative estimate of drug-likeness (QED) is 0.844. The molecule has 2 rings (SSSR count). The smallest absolute Gasteiger partial charge is 0.318 e. The highest BCUT2D eigenvalue weighted by molar-refractivity contribution is 9.10. The number of anilines is 1. The number of hydrogen-bond donors (Lipinski definition) is 2. The molecule has 0 saturated carbocycles. The largest absolute Gasteiger partial charge is 0.480 e. The molecule has 0 aliphatic heterocycles. The fourth-order valence-electron chi connectivity index (χ4n) is 1.61. The van der Waals surface area contributed by atoms with Crippen LogP contribution in [0.4, 0.5) is 5.69 Å². The summed E-state index contributed by atoms with van der Waals surface area (Å²) in [6.45, 7) is 2.72. The summed E-state index contributed by atoms with van der Waals surface area (Å²) in [5.74, 6) is -1.76. The van der Waals surface area contributed by atoms with Crippen molar-refractivity contribution in [2.24, 2.45) is 5.41 Å². The van der Waals surface area contributed by atoms with Gasteiger partial charge in [0, 0.05) is 16.1 Å². The molecule has 5 nitrogen and oxygen atoms in total. The first-order valence-corrected chi connectivity index (χ1v) is 6.71. The molecule has 1 amide bonds. The van der Waals surface area contributed by atoms with E-state index in [9.17, 15) is 9.59 Å². The number of carbonyl (C=O) groups is 2. The Labute approximate surface area is 124 Å². The lowest BCUT2D eigenvalue weighted by Crippen LogP contribution is -2.37. The molecule has 0 aliphatic carbocycles. The van der Waals surface area contributed by atoms with Crippen LogP contribution < -0.4 is 5.32 Å². The predicted molar refractivity (Wildman–Crippen MR) is 79.5 cm³/mol. The lowest BCUT2D eigenvalue weighted by Gasteiger charge is -2.18. The number of nitrogens with one attached hydrogen (secondary N) is 1. The van der Waals surface area contributed by atoms with Crippen molar-refractivity contribution < 1.29 is 14.7 Å². The summed E-state index contributed by atoms with van der Waals surface area (Å²) < 4.78 is 0.833. The number of pyridine rings is 1. The Balaban J connectivity index is 2.40. The number of amides is 1. The van der Waals surface area contributed by atoms with Gasteiger partial charge in [0.25, 0.3) is 0 Å². The fraction of sp³-hybridized carbons (Fsp3) is 0.214. The predicted octanol–water partition coefficient (Wildman–Crippen LogP) is 3.05. The van der Waals surface area contributed by atoms with Crippen molar-refractivity contribution in [2.45, 2.75) is 13.8 Å². The monoisotopic (exact) mass is 336 g/mol. The molecule has 6 heteroatoms. The Hall–Kier alpha value is -1.95. The number of carbonyl (C=O) groups excluding carboxylic acids is 1. The average molecular weight is 337 g/mol. The third-order valence-electron chi connectivity index (χ3n) is 3.03. The first kappa shape index (κ1) is 14.5. The molecule has 2 aromatic rings. The summed E-state index contributed by atoms with van der Waals surface area (Å²) in [6.07, 6.45) is 1.63. The van der Waals surface area contributed by atoms with E-state index in [1.807, 2.05) is 12.1 Å². The highest BCUT2D eigenvalue weighted by Crippen LogP contribution is 2.26. The van der Waals surface area contributed by atoms with Crippen LogP contribution in [-0.4, -0.2) is 22.0 Å². The summed E-state index contributed by atoms with van der Waals surface area (Å²) in [5.41, 5.74) is -0.392. The molecule has 0 aliphatic rings. The molecule has 0 fully saturated rings. The number of rotatable bonds is 3. The summed E-state index contributed by atoms with van der Waals surface area (Å²) in [6, 6.07) is 7.21. The number of para-hydroxylation sites is 1. The van der Waals surface area contributed by atoms with Crippen molar-refractivity contribution in [3.05, 3.63) is 34.9 Å². The second-order valence-corrected chi connectivity index (χ2v) is 5.83. The van der Waals surface area contributed by atoms with Gasteiger partial charge in [-0.3, -0.25) is 14.6 Å². The molecule has 2 N–H and O–H groups in total. The maximum absolute atomic E-state index is 12.1. The van der Waals surface area contributed by atoms with Gasteiger partial charge >= 0.3 is 5.97 Å². The Morgan fingerprint density at radius 1 is 1.35 bits per heavy atom. The number of aromatic nitrogens is 1. The minimum Gasteiger partial charge on any atom is -0.480 e. The molecule has 0 spiro atoms. The highest BCUT2D eigenvalue weighted by atomic mass is 79.9. The molecule has 1 heterocycles. The summed E-state index contributed by atoms with van der Waals surface area (Å²) >= 11 is 3.33. The van der Waals surface area contributed by atoms with E-state index in [0.29, 0.717) is 11.2 Å². The van der Waals surface area contributed by atoms with Crippen LogP contribution in [-0.2, 0) is 9.59 Å². The third kappa shape index (κ3) is 2.65. The zero-order valence-corrected chi connectivity index (χ0v) is 12.6. The number of nitrogens with zero attached hydrogens (tertiary/aromatic N) is 1. The van der Waals surface area contributed by atoms with Crippen molar-refractivity contribution in [1.29, 1.82) is 0 Å². The number of aliphatic carboxylic acids is 1. The van der Waals surface area contributed by atoms with Gasteiger partial charge in [-0.25, -0.2) is 0 Å². The van der Waals surface area contributed by atoms with Crippen LogP contribution in [0.25, 0.3) is 10.9 Å². The lowest BCUT2D eigenvalue weighted by atomic mass is 9.92. The van der Waals surface area contributed by atoms with E-state index in [4.69, 9.17) is 5.11 Å². The van der Waals surface area contributed by atoms with Crippen LogP contribution in [0.15, 0.2) is 34.9 Å². The van der Waals surface area contributed by atoms with Crippen LogP contribution in [0.3, 0.4) is 0 Å². The first-order valence-electron chi connectivity index (χ1n) is 5.91. The number of carboxylic acid groups (broad SMARTS) is 1. The van der Waals surface area contributed by atoms with Gasteiger partial charge in [0.15, 0.2) is 0 Å². The van der Waals surface area contributed by atoms with E-state index in [-0.39, 0.29) is 0 Å². The third-order valence-corrected chi connectivity index (χ3v) is 3.46. The van der Waals surface area contributed by atoms with Crippen molar-refractivity contribution in [3.63, 3.8) is 0 Å². The Bertz CT molecular complexity index is 698. The van der Waals surface area contributed by atoms with Crippen LogP contribution in [0.5, 0.6) is 0 Å². The van der Waals surface area contributed by atoms with Crippen molar-refractivity contribution in [3.8, 4) is 0 Å². The fourth-order valence-corrected chi connectivity index (χ4v) is 1.96. The first-order chi connectivity index (χ1) is 9.32. The van der Waals surface area contributed by atoms with Gasteiger partial charge in [-0.15, -0.1) is 0 Å². The minimum atomic E-state index is -1.50. The maximum Gasteiger partial charge on any atom is 0.318 e. The van der Waals surface area contributed by atoms with Gasteiger partial charge in [0.2, 0.25) is 5.91 Å². The summed E-state index contributed by atoms with van der Waals surface area (Å²) in [5, 5.41) is 12.5. The van der Waals surface area contributed by atoms with Gasteiger partial charge in [-0.2, -0.15) is 0 Å². The number of benzene rings is 1. The van der Waals surface area contributed by atoms with E-state index >= 15 is 0 Å². The molecule has 0 unspecified atom stereocenters. The van der Waals surface area contributed by atoms with E-state index in [1.165, 1.54) is 13.8 Å². The maximum atomic E-state index is 12.1. The molecule has 0 saturated heterocycles. The molecule has 104 valence electrons. The molecular formula is C14H13BrN2O3. The SMILES string of the molecule is CC(C)(C(=O)O)C(=O)Nc1cccc2cc(Br)cnc12. The molecule has 0 bridgehead atoms. The molecule has 1 aromatic heterocycles. The molecular weight excluding hydrogens is 324 g/mol. The number of halogens is 1. The number of hydrogen-bond acceptors (Lipinski definition) is 3. The molecule has 0 atom stereocenters. The zero-order chi connectivity index (χ0) is 14.9. The van der Waals surface area contributed by atoms with Crippen molar-refractivity contribution >= 4 is 44.4 Å². The zero-order valence-electron chi connectivity index (χ0n) is 11.0. The Kier molecular flexibility index (Phi) is 3.76. The van der Waals surface area contributed by atoms with Gasteiger partial charge in [-0.05, 0) is 41.9 Å². The lowest BCUT2D eigenvalue weighted by molar-refractivity contribution is -0.151. The Morgan fingerprint density at radius 2 is 2.05 bits per heavy atom. The van der Waals surface area contributed by atoms with Crippen LogP contribution in [0, 0.1) is 5.41 Å². The number of fused-ring (bicyclic) bond motifs is 1. The normalized spacial score (nSPS) is 11.3. The average Bonchev–Trinajstić information content (AvgIpc) is 2.38. The van der Waals surface area contributed by atoms with E-state index in [1.54, 1.807) is 18.3 Å². The van der Waals surface area contributed by atoms with Crippen LogP contribution >= 0.6 is 15.9 Å². The van der Waals surface area contributed by atoms with Gasteiger partial charge < -0.3 is 10.4 Å².